The fourth-order valence-electron chi connectivity index (χ4n) is 1.44. The molecule has 2 rings (SSSR count). The van der Waals surface area contributed by atoms with Gasteiger partial charge in [0.05, 0.1) is 11.4 Å². The number of fused-ring (bicyclic) bond motifs is 1. The highest BCUT2D eigenvalue weighted by Crippen LogP contribution is 2.15. The summed E-state index contributed by atoms with van der Waals surface area (Å²) >= 11 is 0. The van der Waals surface area contributed by atoms with Gasteiger partial charge < -0.3 is 5.32 Å². The average molecular weight is 149 g/mol. The minimum absolute atomic E-state index is 0.913. The van der Waals surface area contributed by atoms with Gasteiger partial charge in [0.1, 0.15) is 0 Å². The largest absolute Gasteiger partial charge is 0.311 e. The van der Waals surface area contributed by atoms with Crippen LogP contribution in [0.4, 0.5) is 0 Å². The molecule has 0 saturated carbocycles. The first kappa shape index (κ1) is 6.61. The zero-order valence-corrected chi connectivity index (χ0v) is 6.35. The molecule has 3 heteroatoms. The molecule has 3 nitrogen and oxygen atoms in total. The van der Waals surface area contributed by atoms with Gasteiger partial charge in [-0.3, -0.25) is 5.10 Å². The third kappa shape index (κ3) is 0.973. The lowest BCUT2D eigenvalue weighted by Gasteiger charge is -2.11. The number of aromatic nitrogens is 2. The number of hydrogen-bond acceptors (Lipinski definition) is 2. The Kier molecular flexibility index (Phi) is 1.51. The molecular weight excluding hydrogens is 138 g/mol. The van der Waals surface area contributed by atoms with Crippen molar-refractivity contribution in [1.29, 1.82) is 0 Å². The number of H-pyrrole nitrogens is 1. The molecule has 0 bridgehead atoms. The van der Waals surface area contributed by atoms with Crippen molar-refractivity contribution in [2.45, 2.75) is 13.0 Å². The van der Waals surface area contributed by atoms with Crippen molar-refractivity contribution in [3.05, 3.63) is 23.5 Å². The minimum Gasteiger partial charge on any atom is -0.311 e. The van der Waals surface area contributed by atoms with Crippen LogP contribution < -0.4 is 5.32 Å². The van der Waals surface area contributed by atoms with Crippen LogP contribution in [0.1, 0.15) is 17.0 Å². The van der Waals surface area contributed by atoms with Gasteiger partial charge in [-0.25, -0.2) is 0 Å². The first-order chi connectivity index (χ1) is 5.42. The summed E-state index contributed by atoms with van der Waals surface area (Å²) in [6.45, 7) is 5.67. The van der Waals surface area contributed by atoms with E-state index < -0.39 is 0 Å². The summed E-state index contributed by atoms with van der Waals surface area (Å²) in [6.07, 6.45) is 2.87. The highest BCUT2D eigenvalue weighted by Gasteiger charge is 2.13. The Morgan fingerprint density at radius 1 is 1.55 bits per heavy atom. The van der Waals surface area contributed by atoms with E-state index >= 15 is 0 Å². The molecule has 1 aliphatic heterocycles. The van der Waals surface area contributed by atoms with E-state index in [1.807, 2.05) is 0 Å². The first-order valence-electron chi connectivity index (χ1n) is 3.81. The third-order valence-electron chi connectivity index (χ3n) is 2.03. The fraction of sp³-hybridized carbons (Fsp3) is 0.375. The first-order valence-corrected chi connectivity index (χ1v) is 3.81. The zero-order chi connectivity index (χ0) is 7.68. The molecule has 11 heavy (non-hydrogen) atoms. The molecule has 2 heterocycles. The third-order valence-corrected chi connectivity index (χ3v) is 2.03. The second kappa shape index (κ2) is 2.51. The fourth-order valence-corrected chi connectivity index (χ4v) is 1.44. The average Bonchev–Trinajstić information content (AvgIpc) is 2.47. The molecule has 0 aliphatic carbocycles. The van der Waals surface area contributed by atoms with Gasteiger partial charge in [-0.1, -0.05) is 6.58 Å². The number of nitrogens with zero attached hydrogens (tertiary/aromatic N) is 1. The van der Waals surface area contributed by atoms with E-state index in [-0.39, 0.29) is 0 Å². The number of nitrogens with one attached hydrogen (secondary N) is 2. The normalized spacial score (nSPS) is 16.0. The van der Waals surface area contributed by atoms with Crippen LogP contribution in [0.3, 0.4) is 0 Å². The summed E-state index contributed by atoms with van der Waals surface area (Å²) in [7, 11) is 0. The number of aromatic amines is 1. The van der Waals surface area contributed by atoms with E-state index in [1.54, 1.807) is 6.08 Å². The molecule has 58 valence electrons. The van der Waals surface area contributed by atoms with Crippen LogP contribution in [0.2, 0.25) is 0 Å². The van der Waals surface area contributed by atoms with Crippen LogP contribution in [0.5, 0.6) is 0 Å². The zero-order valence-electron chi connectivity index (χ0n) is 6.35. The maximum atomic E-state index is 4.13. The second-order valence-electron chi connectivity index (χ2n) is 2.70. The lowest BCUT2D eigenvalue weighted by molar-refractivity contribution is 0.632. The molecule has 2 N–H and O–H groups in total. The summed E-state index contributed by atoms with van der Waals surface area (Å²) in [5, 5.41) is 10.4. The standard InChI is InChI=1S/C8H11N3/c1-2-7-6-3-4-9-5-8(6)11-10-7/h2,9H,1,3-5H2,(H,10,11). The Balaban J connectivity index is 2.45. The maximum absolute atomic E-state index is 4.13. The lowest BCUT2D eigenvalue weighted by Crippen LogP contribution is -2.23. The monoisotopic (exact) mass is 149 g/mol. The predicted octanol–water partition coefficient (Wildman–Crippen LogP) is 0.698. The van der Waals surface area contributed by atoms with Gasteiger partial charge in [0.2, 0.25) is 0 Å². The van der Waals surface area contributed by atoms with Crippen molar-refractivity contribution in [1.82, 2.24) is 15.5 Å². The van der Waals surface area contributed by atoms with Crippen molar-refractivity contribution >= 4 is 6.08 Å². The molecule has 0 fully saturated rings. The SMILES string of the molecule is C=Cc1n[nH]c2c1CCNC2. The van der Waals surface area contributed by atoms with Crippen LogP contribution in [0.15, 0.2) is 6.58 Å². The Bertz CT molecular complexity index is 275. The van der Waals surface area contributed by atoms with E-state index in [4.69, 9.17) is 0 Å². The van der Waals surface area contributed by atoms with Crippen LogP contribution >= 0.6 is 0 Å². The van der Waals surface area contributed by atoms with Gasteiger partial charge in [-0.05, 0) is 19.0 Å². The van der Waals surface area contributed by atoms with Crippen LogP contribution in [-0.4, -0.2) is 16.7 Å². The van der Waals surface area contributed by atoms with Crippen molar-refractivity contribution in [3.63, 3.8) is 0 Å². The lowest BCUT2D eigenvalue weighted by atomic mass is 10.1. The van der Waals surface area contributed by atoms with E-state index in [0.717, 1.165) is 25.2 Å². The molecule has 0 radical (unpaired) electrons. The Morgan fingerprint density at radius 3 is 3.27 bits per heavy atom. The summed E-state index contributed by atoms with van der Waals surface area (Å²) in [5.74, 6) is 0. The smallest absolute Gasteiger partial charge is 0.0878 e. The number of rotatable bonds is 1. The molecule has 0 aromatic carbocycles. The van der Waals surface area contributed by atoms with Gasteiger partial charge in [0, 0.05) is 12.1 Å². The minimum atomic E-state index is 0.913. The van der Waals surface area contributed by atoms with Crippen molar-refractivity contribution in [2.24, 2.45) is 0 Å². The van der Waals surface area contributed by atoms with E-state index in [2.05, 4.69) is 22.1 Å². The molecular formula is C8H11N3. The van der Waals surface area contributed by atoms with Crippen LogP contribution in [0, 0.1) is 0 Å². The van der Waals surface area contributed by atoms with Crippen molar-refractivity contribution in [2.75, 3.05) is 6.54 Å². The van der Waals surface area contributed by atoms with E-state index in [9.17, 15) is 0 Å². The Hall–Kier alpha value is -1.09. The summed E-state index contributed by atoms with van der Waals surface area (Å²) < 4.78 is 0. The molecule has 0 unspecified atom stereocenters. The Morgan fingerprint density at radius 2 is 2.45 bits per heavy atom. The van der Waals surface area contributed by atoms with E-state index in [0.29, 0.717) is 0 Å². The highest BCUT2D eigenvalue weighted by atomic mass is 15.1. The van der Waals surface area contributed by atoms with E-state index in [1.165, 1.54) is 11.3 Å². The molecule has 0 atom stereocenters. The molecule has 0 saturated heterocycles. The van der Waals surface area contributed by atoms with Crippen LogP contribution in [0.25, 0.3) is 6.08 Å². The quantitative estimate of drug-likeness (QED) is 0.617. The van der Waals surface area contributed by atoms with Crippen LogP contribution in [-0.2, 0) is 13.0 Å². The Labute approximate surface area is 65.5 Å². The maximum Gasteiger partial charge on any atom is 0.0878 e. The predicted molar refractivity (Wildman–Crippen MR) is 44.1 cm³/mol. The summed E-state index contributed by atoms with van der Waals surface area (Å²) in [5.41, 5.74) is 3.56. The van der Waals surface area contributed by atoms with Gasteiger partial charge in [-0.2, -0.15) is 5.10 Å². The summed E-state index contributed by atoms with van der Waals surface area (Å²) in [6, 6.07) is 0. The molecule has 0 amide bonds. The summed E-state index contributed by atoms with van der Waals surface area (Å²) in [4.78, 5) is 0. The van der Waals surface area contributed by atoms with Gasteiger partial charge in [0.15, 0.2) is 0 Å². The second-order valence-corrected chi connectivity index (χ2v) is 2.70. The molecule has 0 spiro atoms. The van der Waals surface area contributed by atoms with Gasteiger partial charge >= 0.3 is 0 Å². The van der Waals surface area contributed by atoms with Gasteiger partial charge in [0.25, 0.3) is 0 Å². The topological polar surface area (TPSA) is 40.7 Å². The van der Waals surface area contributed by atoms with Gasteiger partial charge in [-0.15, -0.1) is 0 Å². The van der Waals surface area contributed by atoms with Crippen molar-refractivity contribution < 1.29 is 0 Å². The molecule has 1 aromatic rings. The highest BCUT2D eigenvalue weighted by molar-refractivity contribution is 5.49. The number of hydrogen-bond donors (Lipinski definition) is 2. The molecule has 1 aromatic heterocycles. The van der Waals surface area contributed by atoms with Crippen molar-refractivity contribution in [3.8, 4) is 0 Å². The molecule has 1 aliphatic rings.